The summed E-state index contributed by atoms with van der Waals surface area (Å²) in [5.41, 5.74) is 4.34. The van der Waals surface area contributed by atoms with Gasteiger partial charge in [0.05, 0.1) is 17.0 Å². The van der Waals surface area contributed by atoms with Crippen molar-refractivity contribution < 1.29 is 10.2 Å². The molecule has 0 radical (unpaired) electrons. The molecule has 5 nitrogen and oxygen atoms in total. The number of aromatic nitrogens is 2. The number of rotatable bonds is 5. The molecule has 3 N–H and O–H groups in total. The number of H-pyrrole nitrogens is 1. The Hall–Kier alpha value is -3.83. The van der Waals surface area contributed by atoms with Crippen LogP contribution in [-0.4, -0.2) is 26.4 Å². The first kappa shape index (κ1) is 20.1. The first-order chi connectivity index (χ1) is 15.6. The number of aromatic hydroxyl groups is 1. The van der Waals surface area contributed by atoms with E-state index in [-0.39, 0.29) is 17.9 Å². The molecule has 2 aromatic heterocycles. The first-order valence-corrected chi connectivity index (χ1v) is 10.7. The van der Waals surface area contributed by atoms with Gasteiger partial charge in [0.2, 0.25) is 0 Å². The highest BCUT2D eigenvalue weighted by Crippen LogP contribution is 2.40. The standard InChI is InChI=1S/C27H24N2O3/c1-29-22-14-8-6-12-20(22)26(31)24(27(29)32)23(17-9-3-2-4-10-17)25-19(15-16-30)18-11-5-7-13-21(18)28-25/h2-14,23,28,30-31H,15-16H2,1H3/t23-/m0/s1. The highest BCUT2D eigenvalue weighted by atomic mass is 16.3. The van der Waals surface area contributed by atoms with Gasteiger partial charge in [0.1, 0.15) is 5.75 Å². The number of pyridine rings is 1. The van der Waals surface area contributed by atoms with Crippen LogP contribution < -0.4 is 5.56 Å². The molecule has 160 valence electrons. The minimum absolute atomic E-state index is 0.00819. The average molecular weight is 425 g/mol. The number of aryl methyl sites for hydroxylation is 1. The molecule has 0 amide bonds. The fourth-order valence-electron chi connectivity index (χ4n) is 4.73. The molecule has 0 unspecified atom stereocenters. The lowest BCUT2D eigenvalue weighted by atomic mass is 9.85. The van der Waals surface area contributed by atoms with E-state index >= 15 is 0 Å². The summed E-state index contributed by atoms with van der Waals surface area (Å²) in [5.74, 6) is -0.528. The molecule has 0 bridgehead atoms. The molecule has 1 atom stereocenters. The second-order valence-corrected chi connectivity index (χ2v) is 8.02. The van der Waals surface area contributed by atoms with Crippen molar-refractivity contribution in [3.05, 3.63) is 112 Å². The molecule has 0 aliphatic heterocycles. The zero-order valence-corrected chi connectivity index (χ0v) is 17.7. The molecule has 5 heteroatoms. The van der Waals surface area contributed by atoms with Crippen molar-refractivity contribution >= 4 is 21.8 Å². The lowest BCUT2D eigenvalue weighted by Crippen LogP contribution is -2.25. The fraction of sp³-hybridized carbons (Fsp3) is 0.148. The number of aromatic amines is 1. The van der Waals surface area contributed by atoms with Gasteiger partial charge in [-0.05, 0) is 35.7 Å². The monoisotopic (exact) mass is 424 g/mol. The van der Waals surface area contributed by atoms with Crippen LogP contribution in [0.4, 0.5) is 0 Å². The largest absolute Gasteiger partial charge is 0.507 e. The van der Waals surface area contributed by atoms with Gasteiger partial charge in [-0.2, -0.15) is 0 Å². The number of nitrogens with one attached hydrogen (secondary N) is 1. The van der Waals surface area contributed by atoms with Gasteiger partial charge in [-0.1, -0.05) is 60.7 Å². The van der Waals surface area contributed by atoms with Crippen LogP contribution in [0.1, 0.15) is 28.3 Å². The van der Waals surface area contributed by atoms with Crippen LogP contribution in [0.3, 0.4) is 0 Å². The highest BCUT2D eigenvalue weighted by molar-refractivity contribution is 5.88. The van der Waals surface area contributed by atoms with Gasteiger partial charge in [0.25, 0.3) is 5.56 Å². The van der Waals surface area contributed by atoms with E-state index in [0.717, 1.165) is 27.7 Å². The zero-order valence-electron chi connectivity index (χ0n) is 17.7. The van der Waals surface area contributed by atoms with Crippen LogP contribution in [0.25, 0.3) is 21.8 Å². The number of aliphatic hydroxyl groups excluding tert-OH is 1. The summed E-state index contributed by atoms with van der Waals surface area (Å²) in [6.45, 7) is -0.0158. The van der Waals surface area contributed by atoms with Crippen LogP contribution in [0.5, 0.6) is 5.75 Å². The molecule has 0 spiro atoms. The van der Waals surface area contributed by atoms with Gasteiger partial charge >= 0.3 is 0 Å². The summed E-state index contributed by atoms with van der Waals surface area (Å²) in [7, 11) is 1.73. The maximum atomic E-state index is 13.6. The Kier molecular flexibility index (Phi) is 5.04. The second-order valence-electron chi connectivity index (χ2n) is 8.02. The van der Waals surface area contributed by atoms with Gasteiger partial charge in [-0.3, -0.25) is 4.79 Å². The molecular weight excluding hydrogens is 400 g/mol. The lowest BCUT2D eigenvalue weighted by Gasteiger charge is -2.21. The topological polar surface area (TPSA) is 78.2 Å². The van der Waals surface area contributed by atoms with Crippen molar-refractivity contribution in [3.8, 4) is 5.75 Å². The van der Waals surface area contributed by atoms with E-state index in [9.17, 15) is 15.0 Å². The van der Waals surface area contributed by atoms with E-state index in [0.29, 0.717) is 22.9 Å². The Labute approximate surface area is 185 Å². The number of hydrogen-bond donors (Lipinski definition) is 3. The van der Waals surface area contributed by atoms with Crippen LogP contribution in [0.2, 0.25) is 0 Å². The Morgan fingerprint density at radius 2 is 1.56 bits per heavy atom. The van der Waals surface area contributed by atoms with Crippen molar-refractivity contribution in [3.63, 3.8) is 0 Å². The molecule has 32 heavy (non-hydrogen) atoms. The Morgan fingerprint density at radius 3 is 2.31 bits per heavy atom. The highest BCUT2D eigenvalue weighted by Gasteiger charge is 2.29. The van der Waals surface area contributed by atoms with Crippen LogP contribution >= 0.6 is 0 Å². The number of nitrogens with zero attached hydrogens (tertiary/aromatic N) is 1. The van der Waals surface area contributed by atoms with E-state index in [4.69, 9.17) is 0 Å². The fourth-order valence-corrected chi connectivity index (χ4v) is 4.73. The number of fused-ring (bicyclic) bond motifs is 2. The van der Waals surface area contributed by atoms with E-state index < -0.39 is 5.92 Å². The van der Waals surface area contributed by atoms with Gasteiger partial charge in [0, 0.05) is 35.6 Å². The Bertz CT molecular complexity index is 1480. The molecule has 0 saturated heterocycles. The molecule has 0 aliphatic rings. The van der Waals surface area contributed by atoms with Crippen molar-refractivity contribution in [2.75, 3.05) is 6.61 Å². The molecule has 5 aromatic rings. The van der Waals surface area contributed by atoms with Crippen LogP contribution in [0, 0.1) is 0 Å². The van der Waals surface area contributed by atoms with E-state index in [1.54, 1.807) is 11.6 Å². The first-order valence-electron chi connectivity index (χ1n) is 10.7. The molecule has 2 heterocycles. The van der Waals surface area contributed by atoms with E-state index in [1.807, 2.05) is 78.9 Å². The van der Waals surface area contributed by atoms with Gasteiger partial charge < -0.3 is 19.8 Å². The molecule has 3 aromatic carbocycles. The number of aliphatic hydroxyl groups is 1. The summed E-state index contributed by atoms with van der Waals surface area (Å²) >= 11 is 0. The molecule has 5 rings (SSSR count). The van der Waals surface area contributed by atoms with Crippen molar-refractivity contribution in [1.29, 1.82) is 0 Å². The van der Waals surface area contributed by atoms with E-state index in [2.05, 4.69) is 4.98 Å². The SMILES string of the molecule is Cn1c(=O)c([C@H](c2ccccc2)c2[nH]c3ccccc3c2CCO)c(O)c2ccccc21. The normalized spacial score (nSPS) is 12.4. The number of hydrogen-bond acceptors (Lipinski definition) is 3. The van der Waals surface area contributed by atoms with Crippen LogP contribution in [-0.2, 0) is 13.5 Å². The van der Waals surface area contributed by atoms with Gasteiger partial charge in [-0.25, -0.2) is 0 Å². The number of benzene rings is 3. The molecule has 0 fully saturated rings. The third-order valence-corrected chi connectivity index (χ3v) is 6.23. The Balaban J connectivity index is 1.90. The van der Waals surface area contributed by atoms with Crippen molar-refractivity contribution in [2.45, 2.75) is 12.3 Å². The van der Waals surface area contributed by atoms with Crippen molar-refractivity contribution in [1.82, 2.24) is 9.55 Å². The lowest BCUT2D eigenvalue weighted by molar-refractivity contribution is 0.299. The summed E-state index contributed by atoms with van der Waals surface area (Å²) in [6, 6.07) is 25.0. The third kappa shape index (κ3) is 3.10. The number of para-hydroxylation sites is 2. The summed E-state index contributed by atoms with van der Waals surface area (Å²) < 4.78 is 1.59. The zero-order chi connectivity index (χ0) is 22.2. The predicted octanol–water partition coefficient (Wildman–Crippen LogP) is 4.44. The maximum absolute atomic E-state index is 13.6. The van der Waals surface area contributed by atoms with E-state index in [1.165, 1.54) is 0 Å². The quantitative estimate of drug-likeness (QED) is 0.390. The Morgan fingerprint density at radius 1 is 0.906 bits per heavy atom. The summed E-state index contributed by atoms with van der Waals surface area (Å²) in [4.78, 5) is 17.1. The van der Waals surface area contributed by atoms with Crippen LogP contribution in [0.15, 0.2) is 83.7 Å². The minimum atomic E-state index is -0.520. The smallest absolute Gasteiger partial charge is 0.258 e. The molecular formula is C27H24N2O3. The summed E-state index contributed by atoms with van der Waals surface area (Å²) in [6.07, 6.45) is 0.442. The molecule has 0 aliphatic carbocycles. The maximum Gasteiger partial charge on any atom is 0.258 e. The second kappa shape index (κ2) is 8.02. The van der Waals surface area contributed by atoms with Gasteiger partial charge in [-0.15, -0.1) is 0 Å². The van der Waals surface area contributed by atoms with Gasteiger partial charge in [0.15, 0.2) is 0 Å². The average Bonchev–Trinajstić information content (AvgIpc) is 3.19. The third-order valence-electron chi connectivity index (χ3n) is 6.23. The summed E-state index contributed by atoms with van der Waals surface area (Å²) in [5, 5.41) is 22.8. The molecule has 0 saturated carbocycles. The predicted molar refractivity (Wildman–Crippen MR) is 127 cm³/mol. The van der Waals surface area contributed by atoms with Crippen molar-refractivity contribution in [2.24, 2.45) is 7.05 Å². The minimum Gasteiger partial charge on any atom is -0.507 e.